The third kappa shape index (κ3) is 3.99. The summed E-state index contributed by atoms with van der Waals surface area (Å²) in [7, 11) is 4.12. The number of aromatic amines is 1. The van der Waals surface area contributed by atoms with Crippen molar-refractivity contribution in [3.63, 3.8) is 0 Å². The molecule has 1 fully saturated rings. The van der Waals surface area contributed by atoms with Gasteiger partial charge in [-0.1, -0.05) is 18.2 Å². The van der Waals surface area contributed by atoms with Gasteiger partial charge in [0.05, 0.1) is 12.5 Å². The Hall–Kier alpha value is -2.93. The first-order chi connectivity index (χ1) is 13.6. The third-order valence-corrected chi connectivity index (χ3v) is 5.25. The van der Waals surface area contributed by atoms with Crippen LogP contribution in [0.2, 0.25) is 0 Å². The van der Waals surface area contributed by atoms with Gasteiger partial charge in [0.2, 0.25) is 11.9 Å². The van der Waals surface area contributed by atoms with Gasteiger partial charge < -0.3 is 20.1 Å². The van der Waals surface area contributed by atoms with Gasteiger partial charge in [-0.05, 0) is 31.8 Å². The minimum absolute atomic E-state index is 0.0503. The largest absolute Gasteiger partial charge is 0.361 e. The number of aromatic nitrogens is 3. The predicted octanol–water partition coefficient (Wildman–Crippen LogP) is 1.68. The molecule has 0 saturated carbocycles. The number of carbonyl (C=O) groups excluding carboxylic acids is 1. The molecule has 0 aliphatic carbocycles. The van der Waals surface area contributed by atoms with E-state index in [-0.39, 0.29) is 11.9 Å². The average Bonchev–Trinajstić information content (AvgIpc) is 3.27. The Morgan fingerprint density at radius 3 is 2.79 bits per heavy atom. The van der Waals surface area contributed by atoms with Gasteiger partial charge >= 0.3 is 0 Å². The Kier molecular flexibility index (Phi) is 5.25. The Morgan fingerprint density at radius 1 is 1.21 bits per heavy atom. The van der Waals surface area contributed by atoms with Crippen LogP contribution in [-0.2, 0) is 11.2 Å². The number of hydrogen-bond acceptors (Lipinski definition) is 5. The van der Waals surface area contributed by atoms with Crippen LogP contribution in [0.5, 0.6) is 0 Å². The highest BCUT2D eigenvalue weighted by Crippen LogP contribution is 2.22. The van der Waals surface area contributed by atoms with Gasteiger partial charge in [-0.2, -0.15) is 0 Å². The maximum atomic E-state index is 12.8. The second kappa shape index (κ2) is 7.98. The van der Waals surface area contributed by atoms with Crippen molar-refractivity contribution in [2.24, 2.45) is 5.92 Å². The minimum atomic E-state index is 0.0503. The Labute approximate surface area is 164 Å². The van der Waals surface area contributed by atoms with Crippen LogP contribution in [0.4, 0.5) is 5.95 Å². The molecule has 1 amide bonds. The van der Waals surface area contributed by atoms with E-state index in [1.165, 1.54) is 0 Å². The summed E-state index contributed by atoms with van der Waals surface area (Å²) in [5, 5.41) is 4.37. The number of anilines is 1. The van der Waals surface area contributed by atoms with Gasteiger partial charge in [0.15, 0.2) is 0 Å². The van der Waals surface area contributed by atoms with Gasteiger partial charge in [0.25, 0.3) is 0 Å². The molecule has 1 aromatic carbocycles. The van der Waals surface area contributed by atoms with E-state index >= 15 is 0 Å². The van der Waals surface area contributed by atoms with E-state index in [0.29, 0.717) is 12.3 Å². The molecule has 7 nitrogen and oxygen atoms in total. The fraction of sp³-hybridized carbons (Fsp3) is 0.381. The average molecular weight is 378 g/mol. The summed E-state index contributed by atoms with van der Waals surface area (Å²) in [4.78, 5) is 29.1. The number of benzene rings is 1. The molecule has 2 N–H and O–H groups in total. The topological polar surface area (TPSA) is 77.2 Å². The fourth-order valence-corrected chi connectivity index (χ4v) is 4.02. The zero-order valence-electron chi connectivity index (χ0n) is 16.3. The molecular weight excluding hydrogens is 352 g/mol. The molecule has 0 spiro atoms. The molecule has 1 aliphatic rings. The van der Waals surface area contributed by atoms with E-state index in [4.69, 9.17) is 0 Å². The van der Waals surface area contributed by atoms with E-state index in [9.17, 15) is 4.79 Å². The summed E-state index contributed by atoms with van der Waals surface area (Å²) in [5.74, 6) is 1.10. The van der Waals surface area contributed by atoms with Crippen LogP contribution in [0.1, 0.15) is 5.56 Å². The molecular formula is C21H26N6O. The van der Waals surface area contributed by atoms with Gasteiger partial charge in [0.1, 0.15) is 0 Å². The lowest BCUT2D eigenvalue weighted by atomic mass is 10.0. The van der Waals surface area contributed by atoms with Crippen LogP contribution in [0.15, 0.2) is 48.9 Å². The van der Waals surface area contributed by atoms with E-state index in [1.807, 2.05) is 36.5 Å². The van der Waals surface area contributed by atoms with Crippen LogP contribution in [-0.4, -0.2) is 65.5 Å². The fourth-order valence-electron chi connectivity index (χ4n) is 4.02. The predicted molar refractivity (Wildman–Crippen MR) is 110 cm³/mol. The van der Waals surface area contributed by atoms with Crippen molar-refractivity contribution < 1.29 is 4.79 Å². The molecule has 1 aliphatic heterocycles. The lowest BCUT2D eigenvalue weighted by Crippen LogP contribution is -2.44. The first-order valence-corrected chi connectivity index (χ1v) is 9.61. The highest BCUT2D eigenvalue weighted by molar-refractivity contribution is 5.89. The summed E-state index contributed by atoms with van der Waals surface area (Å²) in [6.07, 6.45) is 5.82. The normalized spacial score (nSPS) is 19.5. The standard InChI is InChI=1S/C21H26N6O/c1-26(2)12-16-13-27(21-22-8-5-9-23-21)14-19(16)25-20(28)10-15-11-24-18-7-4-3-6-17(15)18/h3-9,11,16,19,24H,10,12-14H2,1-2H3,(H,25,28)/t16-,19-/m1/s1. The van der Waals surface area contributed by atoms with Crippen molar-refractivity contribution in [2.45, 2.75) is 12.5 Å². The number of H-pyrrole nitrogens is 1. The molecule has 3 aromatic rings. The van der Waals surface area contributed by atoms with Crippen molar-refractivity contribution in [1.29, 1.82) is 0 Å². The number of nitrogens with zero attached hydrogens (tertiary/aromatic N) is 4. The SMILES string of the molecule is CN(C)C[C@@H]1CN(c2ncccn2)C[C@H]1NC(=O)Cc1c[nH]c2ccccc12. The molecule has 2 atom stereocenters. The van der Waals surface area contributed by atoms with Crippen molar-refractivity contribution in [2.75, 3.05) is 38.6 Å². The van der Waals surface area contributed by atoms with Crippen LogP contribution < -0.4 is 10.2 Å². The summed E-state index contributed by atoms with van der Waals surface area (Å²) < 4.78 is 0. The molecule has 146 valence electrons. The Balaban J connectivity index is 1.45. The minimum Gasteiger partial charge on any atom is -0.361 e. The highest BCUT2D eigenvalue weighted by Gasteiger charge is 2.35. The van der Waals surface area contributed by atoms with Crippen LogP contribution in [0.25, 0.3) is 10.9 Å². The Morgan fingerprint density at radius 2 is 2.00 bits per heavy atom. The van der Waals surface area contributed by atoms with Crippen molar-refractivity contribution in [3.05, 3.63) is 54.5 Å². The molecule has 2 aromatic heterocycles. The molecule has 0 radical (unpaired) electrons. The summed E-state index contributed by atoms with van der Waals surface area (Å²) >= 11 is 0. The second-order valence-electron chi connectivity index (χ2n) is 7.69. The molecule has 0 bridgehead atoms. The summed E-state index contributed by atoms with van der Waals surface area (Å²) in [6, 6.07) is 9.96. The molecule has 4 rings (SSSR count). The zero-order valence-corrected chi connectivity index (χ0v) is 16.3. The van der Waals surface area contributed by atoms with Crippen LogP contribution >= 0.6 is 0 Å². The maximum Gasteiger partial charge on any atom is 0.225 e. The van der Waals surface area contributed by atoms with E-state index in [2.05, 4.69) is 44.2 Å². The van der Waals surface area contributed by atoms with Gasteiger partial charge in [0, 0.05) is 55.0 Å². The lowest BCUT2D eigenvalue weighted by Gasteiger charge is -2.22. The lowest BCUT2D eigenvalue weighted by molar-refractivity contribution is -0.121. The van der Waals surface area contributed by atoms with E-state index in [0.717, 1.165) is 42.0 Å². The number of hydrogen-bond donors (Lipinski definition) is 2. The molecule has 1 saturated heterocycles. The second-order valence-corrected chi connectivity index (χ2v) is 7.69. The maximum absolute atomic E-state index is 12.8. The van der Waals surface area contributed by atoms with E-state index < -0.39 is 0 Å². The van der Waals surface area contributed by atoms with Crippen molar-refractivity contribution in [1.82, 2.24) is 25.2 Å². The Bertz CT molecular complexity index is 938. The highest BCUT2D eigenvalue weighted by atomic mass is 16.1. The number of nitrogens with one attached hydrogen (secondary N) is 2. The van der Waals surface area contributed by atoms with E-state index in [1.54, 1.807) is 12.4 Å². The molecule has 28 heavy (non-hydrogen) atoms. The monoisotopic (exact) mass is 378 g/mol. The summed E-state index contributed by atoms with van der Waals surface area (Å²) in [6.45, 7) is 2.46. The quantitative estimate of drug-likeness (QED) is 0.683. The number of rotatable bonds is 6. The first-order valence-electron chi connectivity index (χ1n) is 9.61. The zero-order chi connectivity index (χ0) is 19.5. The third-order valence-electron chi connectivity index (χ3n) is 5.25. The van der Waals surface area contributed by atoms with Gasteiger partial charge in [-0.25, -0.2) is 9.97 Å². The van der Waals surface area contributed by atoms with Crippen molar-refractivity contribution >= 4 is 22.8 Å². The summed E-state index contributed by atoms with van der Waals surface area (Å²) in [5.41, 5.74) is 2.09. The number of fused-ring (bicyclic) bond motifs is 1. The molecule has 3 heterocycles. The molecule has 7 heteroatoms. The molecule has 0 unspecified atom stereocenters. The van der Waals surface area contributed by atoms with Gasteiger partial charge in [-0.15, -0.1) is 0 Å². The van der Waals surface area contributed by atoms with Crippen molar-refractivity contribution in [3.8, 4) is 0 Å². The smallest absolute Gasteiger partial charge is 0.225 e. The van der Waals surface area contributed by atoms with Crippen LogP contribution in [0.3, 0.4) is 0 Å². The first kappa shape index (κ1) is 18.4. The van der Waals surface area contributed by atoms with Gasteiger partial charge in [-0.3, -0.25) is 4.79 Å². The van der Waals surface area contributed by atoms with Crippen LogP contribution in [0, 0.1) is 5.92 Å². The number of amides is 1. The number of carbonyl (C=O) groups is 1. The number of para-hydroxylation sites is 1.